The van der Waals surface area contributed by atoms with Gasteiger partial charge in [0.1, 0.15) is 0 Å². The fourth-order valence-corrected chi connectivity index (χ4v) is 2.86. The van der Waals surface area contributed by atoms with E-state index in [1.54, 1.807) is 0 Å². The summed E-state index contributed by atoms with van der Waals surface area (Å²) in [6.45, 7) is 1.62. The van der Waals surface area contributed by atoms with Crippen molar-refractivity contribution in [3.8, 4) is 0 Å². The van der Waals surface area contributed by atoms with Gasteiger partial charge in [-0.15, -0.1) is 0 Å². The summed E-state index contributed by atoms with van der Waals surface area (Å²) in [6.07, 6.45) is 2.06. The van der Waals surface area contributed by atoms with E-state index in [2.05, 4.69) is 29.2 Å². The summed E-state index contributed by atoms with van der Waals surface area (Å²) in [5, 5.41) is 8.04. The van der Waals surface area contributed by atoms with Gasteiger partial charge in [0, 0.05) is 24.5 Å². The molecule has 2 aromatic rings. The van der Waals surface area contributed by atoms with Crippen LogP contribution in [0.15, 0.2) is 24.3 Å². The first-order chi connectivity index (χ1) is 9.66. The van der Waals surface area contributed by atoms with Crippen LogP contribution in [0.2, 0.25) is 0 Å². The van der Waals surface area contributed by atoms with Crippen LogP contribution in [0.5, 0.6) is 0 Å². The van der Waals surface area contributed by atoms with Crippen molar-refractivity contribution in [1.82, 2.24) is 20.0 Å². The highest BCUT2D eigenvalue weighted by molar-refractivity contribution is 6.04. The highest BCUT2D eigenvalue weighted by Crippen LogP contribution is 2.20. The number of hydrogen-bond acceptors (Lipinski definition) is 3. The van der Waals surface area contributed by atoms with Crippen LogP contribution in [0.1, 0.15) is 23.3 Å². The zero-order valence-electron chi connectivity index (χ0n) is 12.0. The molecule has 1 aromatic heterocycles. The third-order valence-electron chi connectivity index (χ3n) is 4.15. The summed E-state index contributed by atoms with van der Waals surface area (Å²) in [7, 11) is 4.20. The van der Waals surface area contributed by atoms with Gasteiger partial charge in [0.25, 0.3) is 5.91 Å². The van der Waals surface area contributed by atoms with Crippen LogP contribution in [-0.2, 0) is 0 Å². The summed E-state index contributed by atoms with van der Waals surface area (Å²) in [4.78, 5) is 16.7. The Hall–Kier alpha value is -1.88. The molecular formula is C15H20N4O. The fourth-order valence-electron chi connectivity index (χ4n) is 2.86. The van der Waals surface area contributed by atoms with E-state index in [0.29, 0.717) is 11.7 Å². The smallest absolute Gasteiger partial charge is 0.274 e. The number of nitrogens with zero attached hydrogens (tertiary/aromatic N) is 3. The maximum atomic E-state index is 12.6. The first-order valence-electron chi connectivity index (χ1n) is 7.05. The van der Waals surface area contributed by atoms with Crippen molar-refractivity contribution >= 4 is 16.8 Å². The number of para-hydroxylation sites is 1. The molecule has 3 rings (SSSR count). The molecule has 0 aliphatic carbocycles. The second kappa shape index (κ2) is 5.25. The van der Waals surface area contributed by atoms with Crippen LogP contribution in [0, 0.1) is 0 Å². The van der Waals surface area contributed by atoms with Gasteiger partial charge >= 0.3 is 0 Å². The zero-order chi connectivity index (χ0) is 14.1. The Morgan fingerprint density at radius 1 is 1.30 bits per heavy atom. The molecule has 0 saturated carbocycles. The van der Waals surface area contributed by atoms with Crippen molar-refractivity contribution < 1.29 is 4.79 Å². The second-order valence-electron chi connectivity index (χ2n) is 5.60. The Morgan fingerprint density at radius 3 is 2.70 bits per heavy atom. The minimum atomic E-state index is 0.0413. The largest absolute Gasteiger partial charge is 0.337 e. The molecule has 1 amide bonds. The number of benzene rings is 1. The minimum absolute atomic E-state index is 0.0413. The molecule has 106 valence electrons. The molecule has 0 bridgehead atoms. The van der Waals surface area contributed by atoms with E-state index < -0.39 is 0 Å². The zero-order valence-corrected chi connectivity index (χ0v) is 12.0. The van der Waals surface area contributed by atoms with Gasteiger partial charge in [0.05, 0.1) is 5.52 Å². The molecule has 0 atom stereocenters. The lowest BCUT2D eigenvalue weighted by molar-refractivity contribution is 0.0659. The molecule has 5 heteroatoms. The van der Waals surface area contributed by atoms with E-state index >= 15 is 0 Å². The molecule has 1 aromatic carbocycles. The predicted octanol–water partition coefficient (Wildman–Crippen LogP) is 1.73. The quantitative estimate of drug-likeness (QED) is 0.906. The third-order valence-corrected chi connectivity index (χ3v) is 4.15. The van der Waals surface area contributed by atoms with E-state index in [0.717, 1.165) is 36.8 Å². The van der Waals surface area contributed by atoms with Crippen molar-refractivity contribution in [3.63, 3.8) is 0 Å². The Bertz CT molecular complexity index is 611. The molecule has 5 nitrogen and oxygen atoms in total. The van der Waals surface area contributed by atoms with Gasteiger partial charge in [-0.3, -0.25) is 9.89 Å². The van der Waals surface area contributed by atoms with Crippen molar-refractivity contribution in [2.45, 2.75) is 18.9 Å². The number of rotatable bonds is 2. The molecule has 0 radical (unpaired) electrons. The molecule has 1 aliphatic rings. The molecule has 1 N–H and O–H groups in total. The van der Waals surface area contributed by atoms with Crippen molar-refractivity contribution in [1.29, 1.82) is 0 Å². The van der Waals surface area contributed by atoms with Gasteiger partial charge in [-0.25, -0.2) is 0 Å². The van der Waals surface area contributed by atoms with Gasteiger partial charge in [0.2, 0.25) is 0 Å². The van der Waals surface area contributed by atoms with Crippen LogP contribution in [0.25, 0.3) is 10.9 Å². The summed E-state index contributed by atoms with van der Waals surface area (Å²) >= 11 is 0. The number of fused-ring (bicyclic) bond motifs is 1. The second-order valence-corrected chi connectivity index (χ2v) is 5.60. The fraction of sp³-hybridized carbons (Fsp3) is 0.467. The summed E-state index contributed by atoms with van der Waals surface area (Å²) in [5.41, 5.74) is 1.46. The Balaban J connectivity index is 1.77. The third kappa shape index (κ3) is 2.29. The Labute approximate surface area is 118 Å². The first-order valence-corrected chi connectivity index (χ1v) is 7.05. The van der Waals surface area contributed by atoms with E-state index in [4.69, 9.17) is 0 Å². The predicted molar refractivity (Wildman–Crippen MR) is 78.7 cm³/mol. The number of likely N-dealkylation sites (tertiary alicyclic amines) is 1. The lowest BCUT2D eigenvalue weighted by Crippen LogP contribution is -2.44. The number of nitrogens with one attached hydrogen (secondary N) is 1. The molecular weight excluding hydrogens is 252 g/mol. The normalized spacial score (nSPS) is 17.1. The van der Waals surface area contributed by atoms with Gasteiger partial charge < -0.3 is 9.80 Å². The van der Waals surface area contributed by atoms with Crippen molar-refractivity contribution in [3.05, 3.63) is 30.0 Å². The van der Waals surface area contributed by atoms with Gasteiger partial charge in [0.15, 0.2) is 5.69 Å². The number of aromatic nitrogens is 2. The molecule has 0 unspecified atom stereocenters. The number of H-pyrrole nitrogens is 1. The lowest BCUT2D eigenvalue weighted by Gasteiger charge is -2.34. The number of carbonyl (C=O) groups excluding carboxylic acids is 1. The topological polar surface area (TPSA) is 52.2 Å². The van der Waals surface area contributed by atoms with Crippen LogP contribution in [-0.4, -0.2) is 59.1 Å². The van der Waals surface area contributed by atoms with Crippen LogP contribution in [0.4, 0.5) is 0 Å². The van der Waals surface area contributed by atoms with E-state index in [1.165, 1.54) is 0 Å². The highest BCUT2D eigenvalue weighted by atomic mass is 16.2. The van der Waals surface area contributed by atoms with Crippen molar-refractivity contribution in [2.75, 3.05) is 27.2 Å². The van der Waals surface area contributed by atoms with Gasteiger partial charge in [-0.05, 0) is 33.0 Å². The average Bonchev–Trinajstić information content (AvgIpc) is 2.90. The Kier molecular flexibility index (Phi) is 3.44. The lowest BCUT2D eigenvalue weighted by atomic mass is 10.0. The molecule has 0 spiro atoms. The summed E-state index contributed by atoms with van der Waals surface area (Å²) < 4.78 is 0. The number of hydrogen-bond donors (Lipinski definition) is 1. The standard InChI is InChI=1S/C15H20N4O/c1-18(2)11-7-9-19(10-8-11)15(20)14-12-5-3-4-6-13(12)16-17-14/h3-6,11H,7-10H2,1-2H3,(H,16,17). The molecule has 2 heterocycles. The number of aromatic amines is 1. The average molecular weight is 272 g/mol. The number of carbonyl (C=O) groups is 1. The maximum absolute atomic E-state index is 12.6. The summed E-state index contributed by atoms with van der Waals surface area (Å²) in [6, 6.07) is 8.34. The van der Waals surface area contributed by atoms with E-state index in [-0.39, 0.29) is 5.91 Å². The molecule has 20 heavy (non-hydrogen) atoms. The van der Waals surface area contributed by atoms with E-state index in [9.17, 15) is 4.79 Å². The SMILES string of the molecule is CN(C)C1CCN(C(=O)c2n[nH]c3ccccc23)CC1. The van der Waals surface area contributed by atoms with Crippen LogP contribution in [0.3, 0.4) is 0 Å². The molecule has 1 fully saturated rings. The summed E-state index contributed by atoms with van der Waals surface area (Å²) in [5.74, 6) is 0.0413. The Morgan fingerprint density at radius 2 is 2.00 bits per heavy atom. The maximum Gasteiger partial charge on any atom is 0.274 e. The number of piperidine rings is 1. The monoisotopic (exact) mass is 272 g/mol. The number of amides is 1. The first kappa shape index (κ1) is 13.1. The van der Waals surface area contributed by atoms with Crippen LogP contribution >= 0.6 is 0 Å². The van der Waals surface area contributed by atoms with Gasteiger partial charge in [-0.1, -0.05) is 18.2 Å². The van der Waals surface area contributed by atoms with Crippen LogP contribution < -0.4 is 0 Å². The minimum Gasteiger partial charge on any atom is -0.337 e. The highest BCUT2D eigenvalue weighted by Gasteiger charge is 2.26. The van der Waals surface area contributed by atoms with Gasteiger partial charge in [-0.2, -0.15) is 5.10 Å². The molecule has 1 saturated heterocycles. The van der Waals surface area contributed by atoms with Crippen molar-refractivity contribution in [2.24, 2.45) is 0 Å². The van der Waals surface area contributed by atoms with E-state index in [1.807, 2.05) is 29.2 Å². The molecule has 1 aliphatic heterocycles.